The zero-order valence-electron chi connectivity index (χ0n) is 22.7. The summed E-state index contributed by atoms with van der Waals surface area (Å²) in [6.07, 6.45) is 0. The number of rotatable bonds is 8. The lowest BCUT2D eigenvalue weighted by Crippen LogP contribution is -2.25. The van der Waals surface area contributed by atoms with E-state index >= 15 is 0 Å². The molecule has 0 aliphatic rings. The lowest BCUT2D eigenvalue weighted by atomic mass is 10.1. The normalized spacial score (nSPS) is 11.7. The van der Waals surface area contributed by atoms with Crippen LogP contribution in [0.15, 0.2) is 101 Å². The second-order valence-electron chi connectivity index (χ2n) is 9.31. The van der Waals surface area contributed by atoms with Gasteiger partial charge in [0.05, 0.1) is 30.8 Å². The minimum Gasteiger partial charge on any atom is -0.497 e. The maximum absolute atomic E-state index is 14.0. The number of nitrogens with zero attached hydrogens (tertiary/aromatic N) is 2. The number of anilines is 1. The van der Waals surface area contributed by atoms with Crippen molar-refractivity contribution in [2.75, 3.05) is 19.5 Å². The number of nitrogens with one attached hydrogen (secondary N) is 1. The first-order chi connectivity index (χ1) is 19.4. The van der Waals surface area contributed by atoms with Gasteiger partial charge in [0, 0.05) is 11.8 Å². The van der Waals surface area contributed by atoms with E-state index in [4.69, 9.17) is 14.5 Å². The number of fused-ring (bicyclic) bond motifs is 1. The van der Waals surface area contributed by atoms with Crippen LogP contribution in [0.5, 0.6) is 11.5 Å². The fourth-order valence-electron chi connectivity index (χ4n) is 4.45. The second-order valence-corrected chi connectivity index (χ2v) is 10.4. The van der Waals surface area contributed by atoms with Crippen molar-refractivity contribution < 1.29 is 14.3 Å². The Morgan fingerprint density at radius 2 is 1.65 bits per heavy atom. The largest absolute Gasteiger partial charge is 0.497 e. The fourth-order valence-corrected chi connectivity index (χ4v) is 5.56. The van der Waals surface area contributed by atoms with Crippen LogP contribution in [0.1, 0.15) is 21.9 Å². The van der Waals surface area contributed by atoms with E-state index in [-0.39, 0.29) is 11.5 Å². The summed E-state index contributed by atoms with van der Waals surface area (Å²) in [7, 11) is 3.10. The van der Waals surface area contributed by atoms with Crippen molar-refractivity contribution in [2.24, 2.45) is 0 Å². The molecule has 0 aliphatic carbocycles. The number of methoxy groups -OCH3 is 2. The van der Waals surface area contributed by atoms with Crippen LogP contribution in [0.25, 0.3) is 16.6 Å². The summed E-state index contributed by atoms with van der Waals surface area (Å²) in [5.41, 5.74) is 4.25. The van der Waals surface area contributed by atoms with Gasteiger partial charge in [0.1, 0.15) is 16.7 Å². The van der Waals surface area contributed by atoms with E-state index in [1.807, 2.05) is 68.4 Å². The van der Waals surface area contributed by atoms with E-state index in [9.17, 15) is 9.59 Å². The van der Waals surface area contributed by atoms with Crippen LogP contribution in [0, 0.1) is 13.8 Å². The molecule has 1 atom stereocenters. The first-order valence-corrected chi connectivity index (χ1v) is 13.6. The monoisotopic (exact) mass is 551 g/mol. The molecule has 5 rings (SSSR count). The minimum atomic E-state index is -0.711. The van der Waals surface area contributed by atoms with Gasteiger partial charge in [-0.05, 0) is 60.9 Å². The molecule has 8 heteroatoms. The summed E-state index contributed by atoms with van der Waals surface area (Å²) < 4.78 is 12.6. The molecule has 4 aromatic carbocycles. The van der Waals surface area contributed by atoms with E-state index in [2.05, 4.69) is 5.32 Å². The molecule has 0 saturated heterocycles. The van der Waals surface area contributed by atoms with Crippen molar-refractivity contribution in [1.29, 1.82) is 0 Å². The second kappa shape index (κ2) is 11.7. The molecule has 0 saturated carbocycles. The zero-order valence-corrected chi connectivity index (χ0v) is 23.5. The van der Waals surface area contributed by atoms with Gasteiger partial charge >= 0.3 is 0 Å². The first-order valence-electron chi connectivity index (χ1n) is 12.7. The number of thioether (sulfide) groups is 1. The molecule has 0 spiro atoms. The van der Waals surface area contributed by atoms with Gasteiger partial charge in [0.2, 0.25) is 5.91 Å². The summed E-state index contributed by atoms with van der Waals surface area (Å²) in [5, 5.41) is 3.19. The molecule has 0 aliphatic heterocycles. The fraction of sp³-hybridized carbons (Fsp3) is 0.156. The third-order valence-corrected chi connectivity index (χ3v) is 7.79. The van der Waals surface area contributed by atoms with E-state index < -0.39 is 5.25 Å². The van der Waals surface area contributed by atoms with Crippen LogP contribution in [0.3, 0.4) is 0 Å². The van der Waals surface area contributed by atoms with Crippen LogP contribution in [-0.4, -0.2) is 29.7 Å². The number of aromatic nitrogens is 2. The molecule has 7 nitrogen and oxygen atoms in total. The number of benzene rings is 4. The number of hydrogen-bond acceptors (Lipinski definition) is 6. The number of aryl methyl sites for hydroxylation is 2. The summed E-state index contributed by atoms with van der Waals surface area (Å²) >= 11 is 1.21. The number of para-hydroxylation sites is 1. The van der Waals surface area contributed by atoms with E-state index in [0.29, 0.717) is 33.2 Å². The van der Waals surface area contributed by atoms with Crippen molar-refractivity contribution in [3.63, 3.8) is 0 Å². The molecule has 40 heavy (non-hydrogen) atoms. The molecule has 1 heterocycles. The highest BCUT2D eigenvalue weighted by molar-refractivity contribution is 8.00. The first kappa shape index (κ1) is 27.0. The number of carbonyl (C=O) groups is 1. The molecule has 0 bridgehead atoms. The Morgan fingerprint density at radius 3 is 2.40 bits per heavy atom. The highest BCUT2D eigenvalue weighted by atomic mass is 32.2. The Labute approximate surface area is 236 Å². The molecule has 1 N–H and O–H groups in total. The summed E-state index contributed by atoms with van der Waals surface area (Å²) in [5.74, 6) is 0.800. The lowest BCUT2D eigenvalue weighted by Gasteiger charge is -2.21. The van der Waals surface area contributed by atoms with Crippen LogP contribution in [-0.2, 0) is 4.79 Å². The predicted molar refractivity (Wildman–Crippen MR) is 160 cm³/mol. The zero-order chi connectivity index (χ0) is 28.2. The lowest BCUT2D eigenvalue weighted by molar-refractivity contribution is -0.115. The standard InChI is InChI=1S/C32H29N3O4S/c1-20-14-15-21(2)26(18-20)33-30(36)29(22-10-6-5-7-11-22)40-32-34-25-13-9-8-12-24(25)31(37)35(32)27-19-23(38-3)16-17-28(27)39-4/h5-19,29H,1-4H3,(H,33,36). The molecule has 202 valence electrons. The number of amides is 1. The van der Waals surface area contributed by atoms with Crippen LogP contribution in [0.4, 0.5) is 5.69 Å². The van der Waals surface area contributed by atoms with Gasteiger partial charge in [-0.25, -0.2) is 4.98 Å². The summed E-state index contributed by atoms with van der Waals surface area (Å²) in [6.45, 7) is 3.94. The smallest absolute Gasteiger partial charge is 0.266 e. The maximum atomic E-state index is 14.0. The molecular weight excluding hydrogens is 522 g/mol. The Morgan fingerprint density at radius 1 is 0.900 bits per heavy atom. The van der Waals surface area contributed by atoms with Crippen molar-refractivity contribution in [3.8, 4) is 17.2 Å². The van der Waals surface area contributed by atoms with Crippen molar-refractivity contribution in [3.05, 3.63) is 118 Å². The molecule has 0 fully saturated rings. The van der Waals surface area contributed by atoms with E-state index in [0.717, 1.165) is 22.4 Å². The molecule has 1 unspecified atom stereocenters. The maximum Gasteiger partial charge on any atom is 0.266 e. The number of ether oxygens (including phenoxy) is 2. The summed E-state index contributed by atoms with van der Waals surface area (Å²) in [6, 6.07) is 27.8. The van der Waals surface area contributed by atoms with Crippen LogP contribution >= 0.6 is 11.8 Å². The average Bonchev–Trinajstić information content (AvgIpc) is 2.98. The Kier molecular flexibility index (Phi) is 7.89. The average molecular weight is 552 g/mol. The Hall–Kier alpha value is -4.56. The Bertz CT molecular complexity index is 1750. The molecule has 0 radical (unpaired) electrons. The van der Waals surface area contributed by atoms with Gasteiger partial charge in [0.15, 0.2) is 5.16 Å². The summed E-state index contributed by atoms with van der Waals surface area (Å²) in [4.78, 5) is 32.8. The number of carbonyl (C=O) groups excluding carboxylic acids is 1. The van der Waals surface area contributed by atoms with Crippen LogP contribution < -0.4 is 20.3 Å². The third kappa shape index (κ3) is 5.44. The van der Waals surface area contributed by atoms with Crippen molar-refractivity contribution in [1.82, 2.24) is 9.55 Å². The molecule has 5 aromatic rings. The molecule has 1 aromatic heterocycles. The third-order valence-electron chi connectivity index (χ3n) is 6.59. The van der Waals surface area contributed by atoms with Gasteiger partial charge in [-0.3, -0.25) is 14.2 Å². The highest BCUT2D eigenvalue weighted by Gasteiger charge is 2.27. The van der Waals surface area contributed by atoms with Crippen molar-refractivity contribution in [2.45, 2.75) is 24.3 Å². The quantitative estimate of drug-likeness (QED) is 0.175. The SMILES string of the molecule is COc1ccc(OC)c(-n2c(SC(C(=O)Nc3cc(C)ccc3C)c3ccccc3)nc3ccccc3c2=O)c1. The van der Waals surface area contributed by atoms with Gasteiger partial charge in [-0.1, -0.05) is 66.4 Å². The Balaban J connectivity index is 1.69. The van der Waals surface area contributed by atoms with Gasteiger partial charge in [-0.15, -0.1) is 0 Å². The molecule has 1 amide bonds. The number of hydrogen-bond donors (Lipinski definition) is 1. The highest BCUT2D eigenvalue weighted by Crippen LogP contribution is 2.38. The predicted octanol–water partition coefficient (Wildman–Crippen LogP) is 6.49. The van der Waals surface area contributed by atoms with Gasteiger partial charge < -0.3 is 14.8 Å². The topological polar surface area (TPSA) is 82.4 Å². The van der Waals surface area contributed by atoms with Gasteiger partial charge in [0.25, 0.3) is 5.56 Å². The van der Waals surface area contributed by atoms with E-state index in [1.54, 1.807) is 50.6 Å². The van der Waals surface area contributed by atoms with Gasteiger partial charge in [-0.2, -0.15) is 0 Å². The van der Waals surface area contributed by atoms with Crippen molar-refractivity contribution >= 4 is 34.3 Å². The minimum absolute atomic E-state index is 0.225. The molecular formula is C32H29N3O4S. The van der Waals surface area contributed by atoms with Crippen LogP contribution in [0.2, 0.25) is 0 Å². The van der Waals surface area contributed by atoms with E-state index in [1.165, 1.54) is 16.3 Å².